The van der Waals surface area contributed by atoms with E-state index in [1.54, 1.807) is 30.3 Å². The third kappa shape index (κ3) is 5.45. The summed E-state index contributed by atoms with van der Waals surface area (Å²) in [5.74, 6) is 0.107. The Bertz CT molecular complexity index is 1170. The number of hydrogen-bond donors (Lipinski definition) is 1. The SMILES string of the molecule is CC(C1CCCCC1)N1C(=O)SC(=Cc2ccc(NS(=O)(=O)c3ccc(Cl)cc3)cc2)C1=O. The number of hydrogen-bond acceptors (Lipinski definition) is 5. The molecule has 33 heavy (non-hydrogen) atoms. The first-order valence-corrected chi connectivity index (χ1v) is 13.6. The summed E-state index contributed by atoms with van der Waals surface area (Å²) in [7, 11) is -3.74. The fraction of sp³-hybridized carbons (Fsp3) is 0.333. The molecule has 1 heterocycles. The Morgan fingerprint density at radius 3 is 2.30 bits per heavy atom. The van der Waals surface area contributed by atoms with Gasteiger partial charge >= 0.3 is 0 Å². The van der Waals surface area contributed by atoms with Crippen molar-refractivity contribution in [1.29, 1.82) is 0 Å². The molecule has 174 valence electrons. The largest absolute Gasteiger partial charge is 0.293 e. The van der Waals surface area contributed by atoms with Crippen molar-refractivity contribution >= 4 is 56.3 Å². The highest BCUT2D eigenvalue weighted by Crippen LogP contribution is 2.38. The highest BCUT2D eigenvalue weighted by atomic mass is 35.5. The maximum absolute atomic E-state index is 13.0. The van der Waals surface area contributed by atoms with Crippen LogP contribution in [0.3, 0.4) is 0 Å². The number of benzene rings is 2. The van der Waals surface area contributed by atoms with Crippen LogP contribution in [0, 0.1) is 5.92 Å². The highest BCUT2D eigenvalue weighted by molar-refractivity contribution is 8.18. The molecule has 9 heteroatoms. The van der Waals surface area contributed by atoms with Gasteiger partial charge in [0.05, 0.1) is 9.80 Å². The van der Waals surface area contributed by atoms with Crippen molar-refractivity contribution in [2.24, 2.45) is 5.92 Å². The lowest BCUT2D eigenvalue weighted by atomic mass is 9.84. The minimum absolute atomic E-state index is 0.103. The van der Waals surface area contributed by atoms with Crippen LogP contribution in [-0.2, 0) is 14.8 Å². The van der Waals surface area contributed by atoms with E-state index in [1.165, 1.54) is 35.6 Å². The van der Waals surface area contributed by atoms with E-state index in [2.05, 4.69) is 4.72 Å². The van der Waals surface area contributed by atoms with Crippen molar-refractivity contribution in [3.8, 4) is 0 Å². The molecule has 0 aromatic heterocycles. The van der Waals surface area contributed by atoms with Gasteiger partial charge in [0.2, 0.25) is 0 Å². The van der Waals surface area contributed by atoms with E-state index in [4.69, 9.17) is 11.6 Å². The molecule has 2 aromatic rings. The fourth-order valence-corrected chi connectivity index (χ4v) is 6.39. The molecule has 4 rings (SSSR count). The normalized spacial score (nSPS) is 19.8. The Hall–Kier alpha value is -2.29. The van der Waals surface area contributed by atoms with Crippen molar-refractivity contribution in [2.45, 2.75) is 50.0 Å². The summed E-state index contributed by atoms with van der Waals surface area (Å²) in [6, 6.07) is 12.4. The smallest absolute Gasteiger partial charge is 0.280 e. The number of carbonyl (C=O) groups is 2. The van der Waals surface area contributed by atoms with E-state index in [0.29, 0.717) is 27.1 Å². The molecule has 0 spiro atoms. The number of nitrogens with zero attached hydrogens (tertiary/aromatic N) is 1. The van der Waals surface area contributed by atoms with Crippen molar-refractivity contribution in [3.63, 3.8) is 0 Å². The van der Waals surface area contributed by atoms with Gasteiger partial charge in [-0.25, -0.2) is 8.42 Å². The molecule has 0 bridgehead atoms. The second kappa shape index (κ2) is 9.91. The molecule has 1 saturated carbocycles. The van der Waals surface area contributed by atoms with Crippen LogP contribution >= 0.6 is 23.4 Å². The van der Waals surface area contributed by atoms with Crippen LogP contribution in [0.1, 0.15) is 44.6 Å². The van der Waals surface area contributed by atoms with E-state index >= 15 is 0 Å². The van der Waals surface area contributed by atoms with Crippen LogP contribution in [0.2, 0.25) is 5.02 Å². The number of imide groups is 1. The van der Waals surface area contributed by atoms with E-state index < -0.39 is 10.0 Å². The molecule has 2 amide bonds. The number of halogens is 1. The van der Waals surface area contributed by atoms with E-state index in [1.807, 2.05) is 6.92 Å². The zero-order valence-corrected chi connectivity index (χ0v) is 20.5. The number of anilines is 1. The second-order valence-electron chi connectivity index (χ2n) is 8.37. The Labute approximate surface area is 203 Å². The van der Waals surface area contributed by atoms with Gasteiger partial charge in [0.15, 0.2) is 0 Å². The van der Waals surface area contributed by atoms with Gasteiger partial charge in [-0.05, 0) is 85.5 Å². The van der Waals surface area contributed by atoms with E-state index in [-0.39, 0.29) is 22.1 Å². The summed E-state index contributed by atoms with van der Waals surface area (Å²) in [5.41, 5.74) is 1.10. The lowest BCUT2D eigenvalue weighted by Gasteiger charge is -2.32. The number of rotatable bonds is 6. The summed E-state index contributed by atoms with van der Waals surface area (Å²) >= 11 is 6.78. The van der Waals surface area contributed by atoms with Gasteiger partial charge < -0.3 is 0 Å². The predicted molar refractivity (Wildman–Crippen MR) is 133 cm³/mol. The van der Waals surface area contributed by atoms with Crippen LogP contribution in [0.5, 0.6) is 0 Å². The molecule has 6 nitrogen and oxygen atoms in total. The maximum Gasteiger partial charge on any atom is 0.293 e. The molecule has 1 saturated heterocycles. The average molecular weight is 505 g/mol. The van der Waals surface area contributed by atoms with Gasteiger partial charge in [0.25, 0.3) is 21.2 Å². The topological polar surface area (TPSA) is 83.6 Å². The molecule has 1 atom stereocenters. The standard InChI is InChI=1S/C24H25ClN2O4S2/c1-16(18-5-3-2-4-6-18)27-23(28)22(32-24(27)29)15-17-7-11-20(12-8-17)26-33(30,31)21-13-9-19(25)10-14-21/h7-16,18,26H,2-6H2,1H3. The van der Waals surface area contributed by atoms with Crippen LogP contribution in [0.4, 0.5) is 10.5 Å². The summed E-state index contributed by atoms with van der Waals surface area (Å²) in [6.07, 6.45) is 7.29. The van der Waals surface area contributed by atoms with Gasteiger partial charge in [0.1, 0.15) is 0 Å². The van der Waals surface area contributed by atoms with Crippen LogP contribution in [0.15, 0.2) is 58.3 Å². The molecule has 1 N–H and O–H groups in total. The molecule has 0 radical (unpaired) electrons. The second-order valence-corrected chi connectivity index (χ2v) is 11.5. The van der Waals surface area contributed by atoms with Gasteiger partial charge in [-0.3, -0.25) is 19.2 Å². The van der Waals surface area contributed by atoms with Crippen LogP contribution < -0.4 is 4.72 Å². The maximum atomic E-state index is 13.0. The monoisotopic (exact) mass is 504 g/mol. The van der Waals surface area contributed by atoms with Gasteiger partial charge in [0, 0.05) is 16.8 Å². The fourth-order valence-electron chi connectivity index (χ4n) is 4.28. The molecular formula is C24H25ClN2O4S2. The van der Waals surface area contributed by atoms with Gasteiger partial charge in [-0.15, -0.1) is 0 Å². The molecule has 1 aliphatic heterocycles. The summed E-state index contributed by atoms with van der Waals surface area (Å²) in [5, 5.41) is 0.229. The Kier molecular flexibility index (Phi) is 7.16. The number of carbonyl (C=O) groups excluding carboxylic acids is 2. The number of thioether (sulfide) groups is 1. The molecule has 1 unspecified atom stereocenters. The summed E-state index contributed by atoms with van der Waals surface area (Å²) in [4.78, 5) is 27.4. The average Bonchev–Trinajstić information content (AvgIpc) is 3.08. The van der Waals surface area contributed by atoms with Gasteiger partial charge in [-0.1, -0.05) is 43.0 Å². The van der Waals surface area contributed by atoms with Crippen molar-refractivity contribution in [2.75, 3.05) is 4.72 Å². The number of nitrogens with one attached hydrogen (secondary N) is 1. The zero-order chi connectivity index (χ0) is 23.6. The van der Waals surface area contributed by atoms with Crippen molar-refractivity contribution in [3.05, 3.63) is 64.0 Å². The zero-order valence-electron chi connectivity index (χ0n) is 18.2. The third-order valence-electron chi connectivity index (χ3n) is 6.15. The molecule has 1 aliphatic carbocycles. The molecule has 2 fully saturated rings. The van der Waals surface area contributed by atoms with Gasteiger partial charge in [-0.2, -0.15) is 0 Å². The summed E-state index contributed by atoms with van der Waals surface area (Å²) < 4.78 is 27.6. The van der Waals surface area contributed by atoms with E-state index in [0.717, 1.165) is 37.4 Å². The minimum atomic E-state index is -3.74. The van der Waals surface area contributed by atoms with Crippen LogP contribution in [-0.4, -0.2) is 30.5 Å². The van der Waals surface area contributed by atoms with Crippen LogP contribution in [0.25, 0.3) is 6.08 Å². The molecule has 2 aromatic carbocycles. The quantitative estimate of drug-likeness (QED) is 0.477. The lowest BCUT2D eigenvalue weighted by Crippen LogP contribution is -2.42. The highest BCUT2D eigenvalue weighted by Gasteiger charge is 2.40. The Morgan fingerprint density at radius 2 is 1.67 bits per heavy atom. The minimum Gasteiger partial charge on any atom is -0.280 e. The number of sulfonamides is 1. The number of amides is 2. The first kappa shape index (κ1) is 23.9. The van der Waals surface area contributed by atoms with E-state index in [9.17, 15) is 18.0 Å². The third-order valence-corrected chi connectivity index (χ3v) is 8.68. The first-order chi connectivity index (χ1) is 15.7. The summed E-state index contributed by atoms with van der Waals surface area (Å²) in [6.45, 7) is 1.97. The lowest BCUT2D eigenvalue weighted by molar-refractivity contribution is -0.125. The Morgan fingerprint density at radius 1 is 1.03 bits per heavy atom. The molecule has 2 aliphatic rings. The first-order valence-electron chi connectivity index (χ1n) is 10.9. The van der Waals surface area contributed by atoms with Crippen molar-refractivity contribution < 1.29 is 18.0 Å². The predicted octanol–water partition coefficient (Wildman–Crippen LogP) is 6.15. The Balaban J connectivity index is 1.45. The van der Waals surface area contributed by atoms with Crippen molar-refractivity contribution in [1.82, 2.24) is 4.90 Å². The molecular weight excluding hydrogens is 480 g/mol.